The molecule has 2 aromatic rings. The summed E-state index contributed by atoms with van der Waals surface area (Å²) < 4.78 is 5.35. The van der Waals surface area contributed by atoms with Crippen LogP contribution in [0.3, 0.4) is 0 Å². The van der Waals surface area contributed by atoms with Crippen molar-refractivity contribution in [3.8, 4) is 5.75 Å². The van der Waals surface area contributed by atoms with E-state index in [0.717, 1.165) is 18.4 Å². The van der Waals surface area contributed by atoms with Gasteiger partial charge in [-0.15, -0.1) is 11.3 Å². The number of carbonyl (C=O) groups is 1. The molecule has 1 heterocycles. The largest absolute Gasteiger partial charge is 0.482 e. The van der Waals surface area contributed by atoms with Gasteiger partial charge in [0, 0.05) is 10.3 Å². The molecule has 0 amide bonds. The van der Waals surface area contributed by atoms with Gasteiger partial charge in [0.1, 0.15) is 5.75 Å². The van der Waals surface area contributed by atoms with Crippen molar-refractivity contribution < 1.29 is 14.6 Å². The number of hydrogen-bond acceptors (Lipinski definition) is 3. The summed E-state index contributed by atoms with van der Waals surface area (Å²) in [6.45, 7) is 8.24. The lowest BCUT2D eigenvalue weighted by Gasteiger charge is -2.32. The number of ether oxygens (including phenoxy) is 1. The Hall–Kier alpha value is -1.81. The van der Waals surface area contributed by atoms with Crippen LogP contribution in [0.2, 0.25) is 0 Å². The second-order valence-corrected chi connectivity index (χ2v) is 6.85. The lowest BCUT2D eigenvalue weighted by atomic mass is 9.74. The van der Waals surface area contributed by atoms with E-state index in [2.05, 4.69) is 44.4 Å². The molecule has 0 saturated carbocycles. The van der Waals surface area contributed by atoms with Gasteiger partial charge < -0.3 is 9.84 Å². The molecule has 4 heteroatoms. The van der Waals surface area contributed by atoms with E-state index in [1.165, 1.54) is 16.0 Å². The van der Waals surface area contributed by atoms with Crippen LogP contribution in [-0.2, 0) is 10.2 Å². The summed E-state index contributed by atoms with van der Waals surface area (Å²) in [4.78, 5) is 12.1. The minimum Gasteiger partial charge on any atom is -0.482 e. The molecule has 0 radical (unpaired) electrons. The Labute approximate surface area is 141 Å². The van der Waals surface area contributed by atoms with Gasteiger partial charge in [-0.2, -0.15) is 0 Å². The number of carboxylic acids is 1. The van der Waals surface area contributed by atoms with Gasteiger partial charge in [-0.25, -0.2) is 4.79 Å². The van der Waals surface area contributed by atoms with Crippen LogP contribution in [0.1, 0.15) is 48.3 Å². The maximum absolute atomic E-state index is 10.7. The number of rotatable bonds is 7. The summed E-state index contributed by atoms with van der Waals surface area (Å²) in [6, 6.07) is 8.39. The van der Waals surface area contributed by atoms with Crippen LogP contribution in [-0.4, -0.2) is 17.7 Å². The number of aryl methyl sites for hydroxylation is 2. The molecule has 0 saturated heterocycles. The summed E-state index contributed by atoms with van der Waals surface area (Å²) in [5.74, 6) is -0.321. The lowest BCUT2D eigenvalue weighted by molar-refractivity contribution is -0.139. The summed E-state index contributed by atoms with van der Waals surface area (Å²) in [5.41, 5.74) is 3.55. The first-order valence-corrected chi connectivity index (χ1v) is 8.82. The van der Waals surface area contributed by atoms with Crippen molar-refractivity contribution in [1.29, 1.82) is 0 Å². The molecule has 0 fully saturated rings. The Morgan fingerprint density at radius 1 is 1.22 bits per heavy atom. The monoisotopic (exact) mass is 332 g/mol. The molecule has 1 aromatic heterocycles. The maximum atomic E-state index is 10.7. The molecular weight excluding hydrogens is 308 g/mol. The lowest BCUT2D eigenvalue weighted by Crippen LogP contribution is -2.25. The molecule has 0 aliphatic rings. The Morgan fingerprint density at radius 3 is 2.39 bits per heavy atom. The van der Waals surface area contributed by atoms with E-state index in [1.807, 2.05) is 24.3 Å². The molecule has 23 heavy (non-hydrogen) atoms. The zero-order valence-corrected chi connectivity index (χ0v) is 15.0. The van der Waals surface area contributed by atoms with Gasteiger partial charge in [0.25, 0.3) is 0 Å². The van der Waals surface area contributed by atoms with E-state index in [9.17, 15) is 4.79 Å². The molecule has 0 aliphatic carbocycles. The highest BCUT2D eigenvalue weighted by Gasteiger charge is 2.32. The number of aliphatic carboxylic acids is 1. The third kappa shape index (κ3) is 3.58. The van der Waals surface area contributed by atoms with Gasteiger partial charge in [0.05, 0.1) is 0 Å². The predicted molar refractivity (Wildman–Crippen MR) is 94.7 cm³/mol. The van der Waals surface area contributed by atoms with Crippen molar-refractivity contribution in [2.45, 2.75) is 46.0 Å². The molecular formula is C19H24O3S. The van der Waals surface area contributed by atoms with Crippen LogP contribution in [0.5, 0.6) is 5.75 Å². The summed E-state index contributed by atoms with van der Waals surface area (Å²) >= 11 is 1.82. The highest BCUT2D eigenvalue weighted by Crippen LogP contribution is 2.42. The van der Waals surface area contributed by atoms with Gasteiger partial charge >= 0.3 is 5.97 Å². The molecule has 124 valence electrons. The number of hydrogen-bond donors (Lipinski definition) is 1. The van der Waals surface area contributed by atoms with Crippen LogP contribution in [0.15, 0.2) is 29.6 Å². The first-order valence-electron chi connectivity index (χ1n) is 7.94. The highest BCUT2D eigenvalue weighted by molar-refractivity contribution is 7.10. The first-order chi connectivity index (χ1) is 10.9. The maximum Gasteiger partial charge on any atom is 0.341 e. The third-order valence-corrected chi connectivity index (χ3v) is 5.74. The van der Waals surface area contributed by atoms with E-state index in [1.54, 1.807) is 0 Å². The molecule has 0 spiro atoms. The number of carboxylic acid groups (broad SMARTS) is 1. The van der Waals surface area contributed by atoms with Crippen LogP contribution < -0.4 is 4.74 Å². The zero-order chi connectivity index (χ0) is 17.0. The van der Waals surface area contributed by atoms with Gasteiger partial charge in [-0.1, -0.05) is 26.0 Å². The molecule has 3 nitrogen and oxygen atoms in total. The van der Waals surface area contributed by atoms with Gasteiger partial charge in [-0.05, 0) is 60.9 Å². The predicted octanol–water partition coefficient (Wildman–Crippen LogP) is 4.93. The van der Waals surface area contributed by atoms with Crippen molar-refractivity contribution >= 4 is 17.3 Å². The highest BCUT2D eigenvalue weighted by atomic mass is 32.1. The van der Waals surface area contributed by atoms with Crippen LogP contribution in [0.25, 0.3) is 0 Å². The van der Waals surface area contributed by atoms with E-state index in [0.29, 0.717) is 5.75 Å². The standard InChI is InChI=1S/C19H24O3S/c1-5-19(6-2,17-9-13(3)12-23-17)15-7-8-16(14(4)10-15)22-11-18(20)21/h7-10,12H,5-6,11H2,1-4H3,(H,20,21). The molecule has 0 unspecified atom stereocenters. The first kappa shape index (κ1) is 17.5. The van der Waals surface area contributed by atoms with Gasteiger partial charge in [-0.3, -0.25) is 0 Å². The van der Waals surface area contributed by atoms with Gasteiger partial charge in [0.2, 0.25) is 0 Å². The fourth-order valence-corrected chi connectivity index (χ4v) is 4.35. The Balaban J connectivity index is 2.41. The molecule has 0 bridgehead atoms. The minimum atomic E-state index is -0.959. The fraction of sp³-hybridized carbons (Fsp3) is 0.421. The average Bonchev–Trinajstić information content (AvgIpc) is 2.95. The summed E-state index contributed by atoms with van der Waals surface area (Å²) in [6.07, 6.45) is 2.05. The SMILES string of the molecule is CCC(CC)(c1ccc(OCC(=O)O)c(C)c1)c1cc(C)cs1. The zero-order valence-electron chi connectivity index (χ0n) is 14.2. The summed E-state index contributed by atoms with van der Waals surface area (Å²) in [5, 5.41) is 11.0. The normalized spacial score (nSPS) is 11.5. The number of benzene rings is 1. The molecule has 2 rings (SSSR count). The summed E-state index contributed by atoms with van der Waals surface area (Å²) in [7, 11) is 0. The smallest absolute Gasteiger partial charge is 0.341 e. The van der Waals surface area contributed by atoms with Crippen molar-refractivity contribution in [2.24, 2.45) is 0 Å². The molecule has 0 aliphatic heterocycles. The van der Waals surface area contributed by atoms with Gasteiger partial charge in [0.15, 0.2) is 6.61 Å². The fourth-order valence-electron chi connectivity index (χ4n) is 3.08. The Morgan fingerprint density at radius 2 is 1.91 bits per heavy atom. The number of thiophene rings is 1. The molecule has 1 N–H and O–H groups in total. The van der Waals surface area contributed by atoms with Crippen LogP contribution in [0.4, 0.5) is 0 Å². The van der Waals surface area contributed by atoms with Crippen molar-refractivity contribution in [3.63, 3.8) is 0 Å². The van der Waals surface area contributed by atoms with Crippen molar-refractivity contribution in [1.82, 2.24) is 0 Å². The molecule has 0 atom stereocenters. The third-order valence-electron chi connectivity index (χ3n) is 4.49. The van der Waals surface area contributed by atoms with Crippen molar-refractivity contribution in [2.75, 3.05) is 6.61 Å². The average molecular weight is 332 g/mol. The minimum absolute atomic E-state index is 0.00894. The van der Waals surface area contributed by atoms with Crippen molar-refractivity contribution in [3.05, 3.63) is 51.2 Å². The van der Waals surface area contributed by atoms with E-state index in [-0.39, 0.29) is 12.0 Å². The topological polar surface area (TPSA) is 46.5 Å². The molecule has 1 aromatic carbocycles. The van der Waals surface area contributed by atoms with E-state index >= 15 is 0 Å². The quantitative estimate of drug-likeness (QED) is 0.781. The van der Waals surface area contributed by atoms with Crippen LogP contribution >= 0.6 is 11.3 Å². The van der Waals surface area contributed by atoms with E-state index in [4.69, 9.17) is 9.84 Å². The Kier molecular flexibility index (Phi) is 5.47. The van der Waals surface area contributed by atoms with E-state index < -0.39 is 5.97 Å². The second-order valence-electron chi connectivity index (χ2n) is 5.94. The Bertz CT molecular complexity index is 684. The second kappa shape index (κ2) is 7.18. The van der Waals surface area contributed by atoms with Crippen LogP contribution in [0, 0.1) is 13.8 Å².